The van der Waals surface area contributed by atoms with Gasteiger partial charge in [0.2, 0.25) is 0 Å². The molecule has 1 N–H and O–H groups in total. The number of nitrogens with one attached hydrogen (secondary N) is 1. The molecule has 1 aromatic carbocycles. The molecule has 7 heteroatoms. The van der Waals surface area contributed by atoms with E-state index in [4.69, 9.17) is 4.52 Å². The number of carbonyl (C=O) groups is 1. The van der Waals surface area contributed by atoms with Gasteiger partial charge in [-0.2, -0.15) is 0 Å². The Bertz CT molecular complexity index is 789. The van der Waals surface area contributed by atoms with Gasteiger partial charge in [-0.3, -0.25) is 4.79 Å². The maximum atomic E-state index is 12.7. The molecule has 0 atom stereocenters. The van der Waals surface area contributed by atoms with Crippen LogP contribution in [0, 0.1) is 0 Å². The minimum absolute atomic E-state index is 0.188. The van der Waals surface area contributed by atoms with E-state index in [1.54, 1.807) is 6.07 Å². The fourth-order valence-electron chi connectivity index (χ4n) is 2.85. The summed E-state index contributed by atoms with van der Waals surface area (Å²) in [6, 6.07) is 7.67. The lowest BCUT2D eigenvalue weighted by Gasteiger charge is -2.35. The summed E-state index contributed by atoms with van der Waals surface area (Å²) in [7, 11) is 2.12. The number of nitrogens with zero attached hydrogens (tertiary/aromatic N) is 3. The first-order valence-electron chi connectivity index (χ1n) is 8.75. The molecule has 0 bridgehead atoms. The molecule has 1 aliphatic heterocycles. The molecule has 0 unspecified atom stereocenters. The molecule has 2 aromatic rings. The molecule has 3 rings (SSSR count). The van der Waals surface area contributed by atoms with E-state index in [0.29, 0.717) is 11.5 Å². The number of piperazine rings is 1. The number of aromatic nitrogens is 1. The molecule has 0 radical (unpaired) electrons. The van der Waals surface area contributed by atoms with E-state index in [-0.39, 0.29) is 11.3 Å². The molecule has 0 spiro atoms. The lowest BCUT2D eigenvalue weighted by molar-refractivity contribution is 0.101. The Labute approximate surface area is 162 Å². The van der Waals surface area contributed by atoms with Crippen LogP contribution in [0.25, 0.3) is 0 Å². The molecule has 0 saturated carbocycles. The zero-order valence-corrected chi connectivity index (χ0v) is 17.3. The van der Waals surface area contributed by atoms with E-state index >= 15 is 0 Å². The van der Waals surface area contributed by atoms with Crippen LogP contribution in [-0.4, -0.2) is 49.2 Å². The number of amides is 1. The number of likely N-dealkylation sites (N-methyl/N-ethyl adjacent to an activating group) is 1. The quantitative estimate of drug-likeness (QED) is 0.818. The minimum Gasteiger partial charge on any atom is -0.367 e. The highest BCUT2D eigenvalue weighted by Gasteiger charge is 2.23. The van der Waals surface area contributed by atoms with Crippen molar-refractivity contribution in [3.05, 3.63) is 40.2 Å². The van der Waals surface area contributed by atoms with Crippen LogP contribution in [0.15, 0.2) is 33.3 Å². The van der Waals surface area contributed by atoms with Crippen LogP contribution in [0.1, 0.15) is 37.0 Å². The Hall–Kier alpha value is -1.86. The van der Waals surface area contributed by atoms with Gasteiger partial charge in [-0.25, -0.2) is 0 Å². The van der Waals surface area contributed by atoms with Crippen LogP contribution in [0.3, 0.4) is 0 Å². The van der Waals surface area contributed by atoms with Crippen molar-refractivity contribution in [1.82, 2.24) is 10.1 Å². The van der Waals surface area contributed by atoms with Gasteiger partial charge in [-0.1, -0.05) is 41.9 Å². The van der Waals surface area contributed by atoms with Crippen molar-refractivity contribution in [3.8, 4) is 0 Å². The number of benzene rings is 1. The summed E-state index contributed by atoms with van der Waals surface area (Å²) in [5.41, 5.74) is 1.90. The monoisotopic (exact) mass is 420 g/mol. The summed E-state index contributed by atoms with van der Waals surface area (Å²) >= 11 is 3.49. The highest BCUT2D eigenvalue weighted by molar-refractivity contribution is 9.10. The van der Waals surface area contributed by atoms with Crippen molar-refractivity contribution in [2.45, 2.75) is 26.2 Å². The molecule has 1 amide bonds. The van der Waals surface area contributed by atoms with Crippen LogP contribution >= 0.6 is 15.9 Å². The molecule has 1 aliphatic rings. The maximum absolute atomic E-state index is 12.7. The number of halogens is 1. The largest absolute Gasteiger partial charge is 0.367 e. The first-order chi connectivity index (χ1) is 12.2. The van der Waals surface area contributed by atoms with E-state index in [2.05, 4.69) is 43.3 Å². The zero-order valence-electron chi connectivity index (χ0n) is 15.7. The van der Waals surface area contributed by atoms with Gasteiger partial charge < -0.3 is 19.6 Å². The average Bonchev–Trinajstić information content (AvgIpc) is 3.06. The number of carbonyl (C=O) groups excluding carboxylic acids is 1. The van der Waals surface area contributed by atoms with Crippen molar-refractivity contribution >= 4 is 33.2 Å². The summed E-state index contributed by atoms with van der Waals surface area (Å²) in [6.45, 7) is 9.93. The Morgan fingerprint density at radius 3 is 2.50 bits per heavy atom. The van der Waals surface area contributed by atoms with Gasteiger partial charge >= 0.3 is 0 Å². The highest BCUT2D eigenvalue weighted by atomic mass is 79.9. The summed E-state index contributed by atoms with van der Waals surface area (Å²) in [5, 5.41) is 6.93. The van der Waals surface area contributed by atoms with E-state index in [9.17, 15) is 4.79 Å². The molecule has 26 heavy (non-hydrogen) atoms. The Kier molecular flexibility index (Phi) is 5.39. The molecule has 0 aliphatic carbocycles. The van der Waals surface area contributed by atoms with Crippen LogP contribution in [-0.2, 0) is 5.41 Å². The van der Waals surface area contributed by atoms with Crippen molar-refractivity contribution in [2.24, 2.45) is 0 Å². The lowest BCUT2D eigenvalue weighted by atomic mass is 9.93. The van der Waals surface area contributed by atoms with Gasteiger partial charge in [-0.05, 0) is 25.2 Å². The minimum atomic E-state index is -0.266. The summed E-state index contributed by atoms with van der Waals surface area (Å²) in [5.74, 6) is 0.425. The average molecular weight is 421 g/mol. The molecule has 2 heterocycles. The van der Waals surface area contributed by atoms with Crippen molar-refractivity contribution in [2.75, 3.05) is 43.4 Å². The molecule has 1 fully saturated rings. The highest BCUT2D eigenvalue weighted by Crippen LogP contribution is 2.31. The first kappa shape index (κ1) is 18.9. The molecular weight excluding hydrogens is 396 g/mol. The van der Waals surface area contributed by atoms with E-state index < -0.39 is 0 Å². The number of rotatable bonds is 3. The van der Waals surface area contributed by atoms with Crippen LogP contribution < -0.4 is 10.2 Å². The van der Waals surface area contributed by atoms with Gasteiger partial charge in [0, 0.05) is 42.1 Å². The predicted octanol–water partition coefficient (Wildman–Crippen LogP) is 3.74. The summed E-state index contributed by atoms with van der Waals surface area (Å²) in [6.07, 6.45) is 0. The van der Waals surface area contributed by atoms with Crippen molar-refractivity contribution in [3.63, 3.8) is 0 Å². The topological polar surface area (TPSA) is 61.6 Å². The zero-order chi connectivity index (χ0) is 18.9. The van der Waals surface area contributed by atoms with Gasteiger partial charge in [0.05, 0.1) is 11.4 Å². The molecule has 1 aromatic heterocycles. The van der Waals surface area contributed by atoms with Gasteiger partial charge in [-0.15, -0.1) is 0 Å². The van der Waals surface area contributed by atoms with Crippen LogP contribution in [0.5, 0.6) is 0 Å². The first-order valence-corrected chi connectivity index (χ1v) is 9.55. The molecular formula is C19H25BrN4O2. The predicted molar refractivity (Wildman–Crippen MR) is 107 cm³/mol. The van der Waals surface area contributed by atoms with Gasteiger partial charge in [0.25, 0.3) is 5.91 Å². The van der Waals surface area contributed by atoms with Gasteiger partial charge in [0.15, 0.2) is 5.69 Å². The summed E-state index contributed by atoms with van der Waals surface area (Å²) < 4.78 is 6.25. The molecule has 140 valence electrons. The fraction of sp³-hybridized carbons (Fsp3) is 0.474. The Morgan fingerprint density at radius 2 is 1.88 bits per heavy atom. The van der Waals surface area contributed by atoms with E-state index in [1.165, 1.54) is 0 Å². The number of anilines is 2. The Balaban J connectivity index is 1.81. The number of hydrogen-bond donors (Lipinski definition) is 1. The second-order valence-electron chi connectivity index (χ2n) is 7.73. The van der Waals surface area contributed by atoms with Crippen molar-refractivity contribution < 1.29 is 9.32 Å². The second kappa shape index (κ2) is 7.40. The third kappa shape index (κ3) is 4.27. The lowest BCUT2D eigenvalue weighted by Crippen LogP contribution is -2.44. The SMILES string of the molecule is CN1CCN(c2ccc(Br)cc2NC(=O)c2cc(C(C)(C)C)on2)CC1. The normalized spacial score (nSPS) is 16.0. The molecule has 6 nitrogen and oxygen atoms in total. The standard InChI is InChI=1S/C19H25BrN4O2/c1-19(2,3)17-12-15(22-26-17)18(25)21-14-11-13(20)5-6-16(14)24-9-7-23(4)8-10-24/h5-6,11-12H,7-10H2,1-4H3,(H,21,25). The third-order valence-corrected chi connectivity index (χ3v) is 5.03. The van der Waals surface area contributed by atoms with Crippen LogP contribution in [0.4, 0.5) is 11.4 Å². The maximum Gasteiger partial charge on any atom is 0.277 e. The fourth-order valence-corrected chi connectivity index (χ4v) is 3.21. The number of hydrogen-bond acceptors (Lipinski definition) is 5. The van der Waals surface area contributed by atoms with Crippen molar-refractivity contribution in [1.29, 1.82) is 0 Å². The summed E-state index contributed by atoms with van der Waals surface area (Å²) in [4.78, 5) is 17.3. The third-order valence-electron chi connectivity index (χ3n) is 4.53. The Morgan fingerprint density at radius 1 is 1.19 bits per heavy atom. The van der Waals surface area contributed by atoms with Gasteiger partial charge in [0.1, 0.15) is 5.76 Å². The van der Waals surface area contributed by atoms with Crippen LogP contribution in [0.2, 0.25) is 0 Å². The molecule has 1 saturated heterocycles. The van der Waals surface area contributed by atoms with E-state index in [0.717, 1.165) is 42.0 Å². The second-order valence-corrected chi connectivity index (χ2v) is 8.65. The smallest absolute Gasteiger partial charge is 0.277 e. The van der Waals surface area contributed by atoms with E-state index in [1.807, 2.05) is 39.0 Å².